The number of methoxy groups -OCH3 is 1. The van der Waals surface area contributed by atoms with E-state index in [9.17, 15) is 14.4 Å². The van der Waals surface area contributed by atoms with Crippen molar-refractivity contribution in [3.8, 4) is 0 Å². The fourth-order valence-corrected chi connectivity index (χ4v) is 2.48. The Hall–Kier alpha value is -2.11. The zero-order valence-corrected chi connectivity index (χ0v) is 21.8. The first-order chi connectivity index (χ1) is 18.0. The lowest BCUT2D eigenvalue weighted by Gasteiger charge is -2.13. The third-order valence-corrected chi connectivity index (χ3v) is 4.32. The van der Waals surface area contributed by atoms with Gasteiger partial charge in [0.05, 0.1) is 98.4 Å². The highest BCUT2D eigenvalue weighted by molar-refractivity contribution is 5.88. The number of carbonyl (C=O) groups excluding carboxylic acids is 3. The number of hydrogen-bond donors (Lipinski definition) is 5. The van der Waals surface area contributed by atoms with Crippen LogP contribution >= 0.6 is 0 Å². The maximum Gasteiger partial charge on any atom is 0.312 e. The lowest BCUT2D eigenvalue weighted by Crippen LogP contribution is -2.45. The van der Waals surface area contributed by atoms with Gasteiger partial charge in [0.15, 0.2) is 0 Å². The van der Waals surface area contributed by atoms with Crippen molar-refractivity contribution in [3.63, 3.8) is 0 Å². The largest absolute Gasteiger partial charge is 0.382 e. The van der Waals surface area contributed by atoms with Crippen LogP contribution in [0.3, 0.4) is 0 Å². The molecule has 0 rings (SSSR count). The molecule has 37 heavy (non-hydrogen) atoms. The molecule has 1 atom stereocenters. The van der Waals surface area contributed by atoms with E-state index in [1.807, 2.05) is 0 Å². The van der Waals surface area contributed by atoms with Crippen LogP contribution in [0, 0.1) is 0 Å². The Morgan fingerprint density at radius 2 is 0.973 bits per heavy atom. The molecule has 4 amide bonds. The number of urea groups is 1. The van der Waals surface area contributed by atoms with Crippen LogP contribution in [0.2, 0.25) is 0 Å². The van der Waals surface area contributed by atoms with E-state index in [1.165, 1.54) is 0 Å². The first-order valence-corrected chi connectivity index (χ1v) is 12.3. The number of primary amides is 1. The van der Waals surface area contributed by atoms with Gasteiger partial charge in [-0.15, -0.1) is 0 Å². The summed E-state index contributed by atoms with van der Waals surface area (Å²) in [5.41, 5.74) is 10.7. The van der Waals surface area contributed by atoms with Gasteiger partial charge in [0, 0.05) is 26.7 Å². The molecule has 0 saturated heterocycles. The zero-order chi connectivity index (χ0) is 27.4. The molecule has 0 heterocycles. The second-order valence-corrected chi connectivity index (χ2v) is 7.41. The minimum Gasteiger partial charge on any atom is -0.382 e. The third-order valence-electron chi connectivity index (χ3n) is 4.32. The van der Waals surface area contributed by atoms with E-state index in [1.54, 1.807) is 7.11 Å². The fourth-order valence-electron chi connectivity index (χ4n) is 2.48. The monoisotopic (exact) mass is 539 g/mol. The maximum absolute atomic E-state index is 12.0. The van der Waals surface area contributed by atoms with Crippen LogP contribution in [-0.2, 0) is 42.7 Å². The van der Waals surface area contributed by atoms with Gasteiger partial charge in [0.2, 0.25) is 11.8 Å². The van der Waals surface area contributed by atoms with Gasteiger partial charge in [-0.2, -0.15) is 0 Å². The SMILES string of the molecule is COCCOCCOCCOCCNC(=O)CC(N)C(=O)NCCOCCOCCOCCNC(N)=O. The smallest absolute Gasteiger partial charge is 0.312 e. The van der Waals surface area contributed by atoms with Crippen LogP contribution in [0.15, 0.2) is 0 Å². The Kier molecular flexibility index (Phi) is 25.4. The molecule has 7 N–H and O–H groups in total. The lowest BCUT2D eigenvalue weighted by molar-refractivity contribution is -0.127. The van der Waals surface area contributed by atoms with Crippen molar-refractivity contribution >= 4 is 17.8 Å². The summed E-state index contributed by atoms with van der Waals surface area (Å²) in [6, 6.07) is -1.55. The Labute approximate surface area is 218 Å². The molecule has 0 fully saturated rings. The lowest BCUT2D eigenvalue weighted by atomic mass is 10.2. The molecule has 0 aromatic rings. The van der Waals surface area contributed by atoms with Crippen LogP contribution in [-0.4, -0.2) is 137 Å². The molecule has 15 heteroatoms. The zero-order valence-electron chi connectivity index (χ0n) is 21.8. The van der Waals surface area contributed by atoms with Crippen LogP contribution in [0.5, 0.6) is 0 Å². The fraction of sp³-hybridized carbons (Fsp3) is 0.864. The van der Waals surface area contributed by atoms with Crippen molar-refractivity contribution in [2.24, 2.45) is 11.5 Å². The molecule has 1 unspecified atom stereocenters. The average Bonchev–Trinajstić information content (AvgIpc) is 2.87. The topological polar surface area (TPSA) is 204 Å². The molecule has 0 spiro atoms. The van der Waals surface area contributed by atoms with E-state index < -0.39 is 18.0 Å². The van der Waals surface area contributed by atoms with Gasteiger partial charge in [-0.05, 0) is 0 Å². The van der Waals surface area contributed by atoms with E-state index in [2.05, 4.69) is 16.0 Å². The number of carbonyl (C=O) groups is 3. The van der Waals surface area contributed by atoms with Crippen molar-refractivity contribution in [3.05, 3.63) is 0 Å². The molecule has 0 aromatic carbocycles. The predicted octanol–water partition coefficient (Wildman–Crippen LogP) is -2.65. The first kappa shape index (κ1) is 34.9. The Morgan fingerprint density at radius 3 is 1.41 bits per heavy atom. The Bertz CT molecular complexity index is 574. The van der Waals surface area contributed by atoms with Gasteiger partial charge in [-0.1, -0.05) is 0 Å². The van der Waals surface area contributed by atoms with Gasteiger partial charge in [0.25, 0.3) is 0 Å². The standard InChI is InChI=1S/C22H45N5O10/c1-31-8-9-35-16-17-37-13-10-32-5-2-25-20(28)18-19(23)21(29)26-3-6-33-11-14-36-15-12-34-7-4-27-22(24)30/h19H,2-18,23H2,1H3,(H,25,28)(H,26,29)(H3,24,27,30). The molecular formula is C22H45N5O10. The molecule has 15 nitrogen and oxygen atoms in total. The normalized spacial score (nSPS) is 11.7. The molecule has 0 bridgehead atoms. The summed E-state index contributed by atoms with van der Waals surface area (Å²) < 4.78 is 36.7. The van der Waals surface area contributed by atoms with E-state index in [0.29, 0.717) is 92.4 Å². The van der Waals surface area contributed by atoms with E-state index in [0.717, 1.165) is 0 Å². The van der Waals surface area contributed by atoms with E-state index in [-0.39, 0.29) is 25.5 Å². The Balaban J connectivity index is 3.44. The minimum atomic E-state index is -0.957. The van der Waals surface area contributed by atoms with Crippen LogP contribution < -0.4 is 27.4 Å². The quantitative estimate of drug-likeness (QED) is 0.0682. The highest BCUT2D eigenvalue weighted by Gasteiger charge is 2.16. The number of amides is 4. The van der Waals surface area contributed by atoms with Crippen LogP contribution in [0.4, 0.5) is 4.79 Å². The van der Waals surface area contributed by atoms with Gasteiger partial charge in [-0.25, -0.2) is 4.79 Å². The summed E-state index contributed by atoms with van der Waals surface area (Å²) >= 11 is 0. The molecule has 218 valence electrons. The third kappa shape index (κ3) is 26.8. The number of nitrogens with one attached hydrogen (secondary N) is 3. The molecular weight excluding hydrogens is 494 g/mol. The number of nitrogens with two attached hydrogens (primary N) is 2. The maximum atomic E-state index is 12.0. The van der Waals surface area contributed by atoms with Crippen LogP contribution in [0.25, 0.3) is 0 Å². The summed E-state index contributed by atoms with van der Waals surface area (Å²) in [6.07, 6.45) is -0.132. The van der Waals surface area contributed by atoms with Gasteiger partial charge in [-0.3, -0.25) is 9.59 Å². The summed E-state index contributed by atoms with van der Waals surface area (Å²) in [6.45, 7) is 6.25. The first-order valence-electron chi connectivity index (χ1n) is 12.3. The van der Waals surface area contributed by atoms with Crippen molar-refractivity contribution in [1.82, 2.24) is 16.0 Å². The number of hydrogen-bond acceptors (Lipinski definition) is 11. The van der Waals surface area contributed by atoms with Crippen LogP contribution in [0.1, 0.15) is 6.42 Å². The molecule has 0 aliphatic carbocycles. The van der Waals surface area contributed by atoms with Gasteiger partial charge in [0.1, 0.15) is 0 Å². The summed E-state index contributed by atoms with van der Waals surface area (Å²) in [5, 5.41) is 7.68. The number of rotatable bonds is 27. The van der Waals surface area contributed by atoms with E-state index >= 15 is 0 Å². The molecule has 0 saturated carbocycles. The van der Waals surface area contributed by atoms with Crippen molar-refractivity contribution < 1.29 is 47.5 Å². The highest BCUT2D eigenvalue weighted by atomic mass is 16.6. The average molecular weight is 540 g/mol. The summed E-state index contributed by atoms with van der Waals surface area (Å²) in [7, 11) is 1.61. The van der Waals surface area contributed by atoms with Crippen molar-refractivity contribution in [2.75, 3.05) is 113 Å². The van der Waals surface area contributed by atoms with Crippen molar-refractivity contribution in [1.29, 1.82) is 0 Å². The molecule has 0 aliphatic rings. The second-order valence-electron chi connectivity index (χ2n) is 7.41. The van der Waals surface area contributed by atoms with Gasteiger partial charge >= 0.3 is 6.03 Å². The van der Waals surface area contributed by atoms with Gasteiger partial charge < -0.3 is 60.6 Å². The number of ether oxygens (including phenoxy) is 7. The highest BCUT2D eigenvalue weighted by Crippen LogP contribution is 1.90. The molecule has 0 aliphatic heterocycles. The molecule has 0 aromatic heterocycles. The Morgan fingerprint density at radius 1 is 0.595 bits per heavy atom. The van der Waals surface area contributed by atoms with Crippen molar-refractivity contribution in [2.45, 2.75) is 12.5 Å². The second kappa shape index (κ2) is 26.9. The summed E-state index contributed by atoms with van der Waals surface area (Å²) in [5.74, 6) is -0.769. The summed E-state index contributed by atoms with van der Waals surface area (Å²) in [4.78, 5) is 34.3. The van der Waals surface area contributed by atoms with E-state index in [4.69, 9.17) is 44.6 Å². The predicted molar refractivity (Wildman–Crippen MR) is 133 cm³/mol. The molecule has 0 radical (unpaired) electrons. The minimum absolute atomic E-state index is 0.132.